The highest BCUT2D eigenvalue weighted by Gasteiger charge is 2.21. The number of aryl methyl sites for hydroxylation is 1. The molecule has 3 aromatic heterocycles. The number of para-hydroxylation sites is 1. The Bertz CT molecular complexity index is 1340. The lowest BCUT2D eigenvalue weighted by atomic mass is 10.2. The van der Waals surface area contributed by atoms with E-state index in [0.717, 1.165) is 11.3 Å². The normalized spacial score (nSPS) is 10.7. The second kappa shape index (κ2) is 10.0. The predicted molar refractivity (Wildman–Crippen MR) is 124 cm³/mol. The van der Waals surface area contributed by atoms with Crippen molar-refractivity contribution in [2.45, 2.75) is 13.5 Å². The average Bonchev–Trinajstić information content (AvgIpc) is 3.17. The minimum Gasteiger partial charge on any atom is -0.490 e. The molecule has 0 radical (unpaired) electrons. The molecule has 0 fully saturated rings. The van der Waals surface area contributed by atoms with Gasteiger partial charge in [-0.3, -0.25) is 14.2 Å². The number of pyridine rings is 1. The van der Waals surface area contributed by atoms with Crippen LogP contribution in [0, 0.1) is 6.92 Å². The number of nitrogens with one attached hydrogen (secondary N) is 1. The number of carbonyl (C=O) groups is 2. The Hall–Kier alpha value is -4.05. The number of aromatic nitrogens is 3. The van der Waals surface area contributed by atoms with Crippen molar-refractivity contribution in [2.75, 3.05) is 18.5 Å². The highest BCUT2D eigenvalue weighted by molar-refractivity contribution is 7.20. The first kappa shape index (κ1) is 22.2. The minimum absolute atomic E-state index is 0.0623. The average molecular weight is 465 g/mol. The molecule has 4 aromatic rings. The van der Waals surface area contributed by atoms with Crippen LogP contribution in [0.5, 0.6) is 5.75 Å². The molecule has 0 bridgehead atoms. The number of ether oxygens (including phenoxy) is 2. The summed E-state index contributed by atoms with van der Waals surface area (Å²) in [7, 11) is 0. The largest absolute Gasteiger partial charge is 0.490 e. The molecule has 0 spiro atoms. The van der Waals surface area contributed by atoms with Crippen LogP contribution in [0.25, 0.3) is 10.2 Å². The van der Waals surface area contributed by atoms with Crippen molar-refractivity contribution in [3.05, 3.63) is 81.8 Å². The van der Waals surface area contributed by atoms with Crippen molar-refractivity contribution in [1.82, 2.24) is 14.5 Å². The van der Waals surface area contributed by atoms with Gasteiger partial charge >= 0.3 is 5.97 Å². The zero-order valence-electron chi connectivity index (χ0n) is 17.7. The van der Waals surface area contributed by atoms with Gasteiger partial charge in [0.15, 0.2) is 0 Å². The van der Waals surface area contributed by atoms with E-state index in [1.165, 1.54) is 10.9 Å². The maximum absolute atomic E-state index is 13.0. The molecule has 0 saturated heterocycles. The predicted octanol–water partition coefficient (Wildman–Crippen LogP) is 3.04. The Morgan fingerprint density at radius 3 is 2.61 bits per heavy atom. The Morgan fingerprint density at radius 2 is 1.85 bits per heavy atom. The lowest BCUT2D eigenvalue weighted by Gasteiger charge is -2.07. The molecule has 1 N–H and O–H groups in total. The van der Waals surface area contributed by atoms with Crippen LogP contribution in [-0.2, 0) is 16.1 Å². The van der Waals surface area contributed by atoms with Crippen LogP contribution in [0.2, 0.25) is 0 Å². The zero-order valence-corrected chi connectivity index (χ0v) is 18.5. The fourth-order valence-electron chi connectivity index (χ4n) is 3.12. The Balaban J connectivity index is 1.43. The molecule has 0 aliphatic heterocycles. The fourth-order valence-corrected chi connectivity index (χ4v) is 4.15. The quantitative estimate of drug-likeness (QED) is 0.315. The molecule has 0 atom stereocenters. The summed E-state index contributed by atoms with van der Waals surface area (Å²) in [5, 5.41) is 2.92. The molecule has 1 amide bonds. The number of nitrogens with zero attached hydrogens (tertiary/aromatic N) is 3. The second-order valence-corrected chi connectivity index (χ2v) is 7.97. The summed E-state index contributed by atoms with van der Waals surface area (Å²) in [5.74, 6) is 0.106. The first-order chi connectivity index (χ1) is 16.0. The molecule has 9 nitrogen and oxygen atoms in total. The number of hydrogen-bond donors (Lipinski definition) is 1. The Labute approximate surface area is 192 Å². The fraction of sp³-hybridized carbons (Fsp3) is 0.174. The van der Waals surface area contributed by atoms with Crippen molar-refractivity contribution in [3.63, 3.8) is 0 Å². The molecular weight excluding hydrogens is 444 g/mol. The van der Waals surface area contributed by atoms with Crippen molar-refractivity contribution < 1.29 is 19.1 Å². The van der Waals surface area contributed by atoms with Gasteiger partial charge in [-0.2, -0.15) is 0 Å². The summed E-state index contributed by atoms with van der Waals surface area (Å²) in [6.07, 6.45) is 2.85. The van der Waals surface area contributed by atoms with E-state index in [2.05, 4.69) is 15.3 Å². The lowest BCUT2D eigenvalue weighted by Crippen LogP contribution is -2.28. The highest BCUT2D eigenvalue weighted by atomic mass is 32.1. The van der Waals surface area contributed by atoms with Gasteiger partial charge in [-0.05, 0) is 36.8 Å². The van der Waals surface area contributed by atoms with Crippen molar-refractivity contribution >= 4 is 39.2 Å². The van der Waals surface area contributed by atoms with Crippen molar-refractivity contribution in [2.24, 2.45) is 0 Å². The van der Waals surface area contributed by atoms with Crippen LogP contribution in [0.1, 0.15) is 15.2 Å². The number of rotatable bonds is 8. The lowest BCUT2D eigenvalue weighted by molar-refractivity contribution is -0.116. The van der Waals surface area contributed by atoms with Crippen LogP contribution in [0.3, 0.4) is 0 Å². The van der Waals surface area contributed by atoms with Gasteiger partial charge in [0.05, 0.1) is 11.7 Å². The second-order valence-electron chi connectivity index (χ2n) is 6.97. The molecule has 1 aromatic carbocycles. The zero-order chi connectivity index (χ0) is 23.2. The third-order valence-corrected chi connectivity index (χ3v) is 5.86. The van der Waals surface area contributed by atoms with E-state index < -0.39 is 17.4 Å². The number of fused-ring (bicyclic) bond motifs is 1. The molecule has 33 heavy (non-hydrogen) atoms. The van der Waals surface area contributed by atoms with Gasteiger partial charge in [0.25, 0.3) is 5.56 Å². The van der Waals surface area contributed by atoms with E-state index in [0.29, 0.717) is 32.2 Å². The molecule has 0 aliphatic rings. The molecule has 168 valence electrons. The smallest absolute Gasteiger partial charge is 0.348 e. The molecule has 3 heterocycles. The van der Waals surface area contributed by atoms with Gasteiger partial charge in [0.2, 0.25) is 5.91 Å². The van der Waals surface area contributed by atoms with E-state index in [1.807, 2.05) is 30.3 Å². The number of thiophene rings is 1. The van der Waals surface area contributed by atoms with Crippen LogP contribution < -0.4 is 15.6 Å². The molecule has 0 aliphatic carbocycles. The van der Waals surface area contributed by atoms with Crippen LogP contribution >= 0.6 is 11.3 Å². The number of amides is 1. The van der Waals surface area contributed by atoms with Gasteiger partial charge in [0, 0.05) is 6.20 Å². The molecule has 4 rings (SSSR count). The summed E-state index contributed by atoms with van der Waals surface area (Å²) in [5.41, 5.74) is 0.0670. The molecule has 10 heteroatoms. The number of carbonyl (C=O) groups excluding carboxylic acids is 2. The highest BCUT2D eigenvalue weighted by Crippen LogP contribution is 2.27. The summed E-state index contributed by atoms with van der Waals surface area (Å²) in [6, 6.07) is 14.3. The Kier molecular flexibility index (Phi) is 6.75. The van der Waals surface area contributed by atoms with Crippen molar-refractivity contribution in [3.8, 4) is 5.75 Å². The summed E-state index contributed by atoms with van der Waals surface area (Å²) in [6.45, 7) is 1.70. The molecular formula is C23H20N4O5S. The van der Waals surface area contributed by atoms with E-state index >= 15 is 0 Å². The number of anilines is 1. The summed E-state index contributed by atoms with van der Waals surface area (Å²) >= 11 is 1.08. The van der Waals surface area contributed by atoms with Gasteiger partial charge in [-0.15, -0.1) is 11.3 Å². The third kappa shape index (κ3) is 5.24. The maximum Gasteiger partial charge on any atom is 0.348 e. The number of hydrogen-bond acceptors (Lipinski definition) is 8. The van der Waals surface area contributed by atoms with Crippen LogP contribution in [0.15, 0.2) is 65.8 Å². The number of esters is 1. The SMILES string of the molecule is Cc1c(C(=O)OCCOc2ccccc2)sc2ncn(CC(=O)Nc3ccccn3)c(=O)c12. The Morgan fingerprint density at radius 1 is 1.06 bits per heavy atom. The first-order valence-corrected chi connectivity index (χ1v) is 10.9. The van der Waals surface area contributed by atoms with E-state index in [-0.39, 0.29) is 19.8 Å². The number of benzene rings is 1. The van der Waals surface area contributed by atoms with Crippen LogP contribution in [0.4, 0.5) is 5.82 Å². The topological polar surface area (TPSA) is 112 Å². The monoisotopic (exact) mass is 464 g/mol. The van der Waals surface area contributed by atoms with E-state index in [1.54, 1.807) is 31.3 Å². The van der Waals surface area contributed by atoms with Gasteiger partial charge in [-0.1, -0.05) is 24.3 Å². The van der Waals surface area contributed by atoms with Crippen LogP contribution in [-0.4, -0.2) is 39.6 Å². The molecule has 0 unspecified atom stereocenters. The van der Waals surface area contributed by atoms with Gasteiger partial charge in [-0.25, -0.2) is 14.8 Å². The minimum atomic E-state index is -0.550. The van der Waals surface area contributed by atoms with Gasteiger partial charge < -0.3 is 14.8 Å². The summed E-state index contributed by atoms with van der Waals surface area (Å²) in [4.78, 5) is 46.8. The standard InChI is InChI=1S/C23H20N4O5S/c1-15-19-21(33-20(15)23(30)32-12-11-31-16-7-3-2-4-8-16)25-14-27(22(19)29)13-18(28)26-17-9-5-6-10-24-17/h2-10,14H,11-13H2,1H3,(H,24,26,28). The third-order valence-electron chi connectivity index (χ3n) is 4.68. The van der Waals surface area contributed by atoms with Gasteiger partial charge in [0.1, 0.15) is 41.0 Å². The van der Waals surface area contributed by atoms with E-state index in [9.17, 15) is 14.4 Å². The maximum atomic E-state index is 13.0. The van der Waals surface area contributed by atoms with Crippen molar-refractivity contribution in [1.29, 1.82) is 0 Å². The molecule has 0 saturated carbocycles. The first-order valence-electron chi connectivity index (χ1n) is 10.1. The van der Waals surface area contributed by atoms with E-state index in [4.69, 9.17) is 9.47 Å². The summed E-state index contributed by atoms with van der Waals surface area (Å²) < 4.78 is 12.0.